The zero-order chi connectivity index (χ0) is 16.6. The number of carboxylic acids is 1. The molecule has 20 heavy (non-hydrogen) atoms. The Morgan fingerprint density at radius 1 is 0.850 bits per heavy atom. The molecule has 118 valence electrons. The molecule has 0 rings (SSSR count). The molecule has 0 amide bonds. The molecule has 0 fully saturated rings. The second-order valence-electron chi connectivity index (χ2n) is 5.53. The summed E-state index contributed by atoms with van der Waals surface area (Å²) in [5.41, 5.74) is 0. The largest absolute Gasteiger partial charge is 0.481 e. The number of allylic oxidation sites excluding steroid dienone is 2. The maximum atomic E-state index is 10.4. The molecule has 0 aliphatic heterocycles. The first-order chi connectivity index (χ1) is 10.6. The summed E-state index contributed by atoms with van der Waals surface area (Å²) in [6, 6.07) is 1.01. The zero-order valence-corrected chi connectivity index (χ0v) is 13.3. The van der Waals surface area contributed by atoms with E-state index in [2.05, 4.69) is 6.92 Å². The van der Waals surface area contributed by atoms with E-state index < -0.39 is 5.97 Å². The number of rotatable bonds is 15. The summed E-state index contributed by atoms with van der Waals surface area (Å²) in [6.07, 6.45) is 13.8. The fourth-order valence-corrected chi connectivity index (χ4v) is 2.19. The van der Waals surface area contributed by atoms with Crippen LogP contribution in [0, 0.1) is 0 Å². The molecule has 0 saturated heterocycles. The molecule has 0 aromatic rings. The van der Waals surface area contributed by atoms with Crippen LogP contribution in [-0.2, 0) is 4.79 Å². The topological polar surface area (TPSA) is 37.3 Å². The van der Waals surface area contributed by atoms with Gasteiger partial charge in [-0.1, -0.05) is 70.4 Å². The van der Waals surface area contributed by atoms with Crippen LogP contribution in [0.4, 0.5) is 0 Å². The van der Waals surface area contributed by atoms with Gasteiger partial charge in [0.25, 0.3) is 0 Å². The number of carbonyl (C=O) groups is 1. The maximum Gasteiger partial charge on any atom is 0.303 e. The van der Waals surface area contributed by atoms with Crippen LogP contribution in [0.2, 0.25) is 0 Å². The van der Waals surface area contributed by atoms with Crippen molar-refractivity contribution in [3.8, 4) is 0 Å². The summed E-state index contributed by atoms with van der Waals surface area (Å²) in [4.78, 5) is 10.4. The number of carboxylic acid groups (broad SMARTS) is 1. The highest BCUT2D eigenvalue weighted by molar-refractivity contribution is 5.66. The first-order valence-corrected chi connectivity index (χ1v) is 8.45. The van der Waals surface area contributed by atoms with Gasteiger partial charge in [-0.25, -0.2) is 0 Å². The summed E-state index contributed by atoms with van der Waals surface area (Å²) in [5, 5.41) is 8.53. The van der Waals surface area contributed by atoms with Gasteiger partial charge in [0.1, 0.15) is 0 Å². The molecular weight excluding hydrogens is 248 g/mol. The zero-order valence-electron chi connectivity index (χ0n) is 15.3. The van der Waals surface area contributed by atoms with E-state index in [9.17, 15) is 4.79 Å². The van der Waals surface area contributed by atoms with E-state index in [1.807, 2.05) is 0 Å². The minimum absolute atomic E-state index is 0.263. The highest BCUT2D eigenvalue weighted by atomic mass is 16.4. The molecule has 0 aromatic carbocycles. The Bertz CT molecular complexity index is 314. The minimum atomic E-state index is -0.718. The highest BCUT2D eigenvalue weighted by Gasteiger charge is 1.95. The van der Waals surface area contributed by atoms with Crippen LogP contribution in [0.5, 0.6) is 0 Å². The smallest absolute Gasteiger partial charge is 0.303 e. The van der Waals surface area contributed by atoms with Crippen molar-refractivity contribution < 1.29 is 12.6 Å². The molecule has 0 radical (unpaired) electrons. The third kappa shape index (κ3) is 17.2. The van der Waals surface area contributed by atoms with Crippen molar-refractivity contribution in [3.05, 3.63) is 12.1 Å². The van der Waals surface area contributed by atoms with Gasteiger partial charge in [-0.05, 0) is 32.1 Å². The normalized spacial score (nSPS) is 13.7. The molecule has 0 spiro atoms. The average Bonchev–Trinajstić information content (AvgIpc) is 2.49. The molecular formula is C18H34O2. The van der Waals surface area contributed by atoms with Crippen LogP contribution in [0.3, 0.4) is 0 Å². The third-order valence-corrected chi connectivity index (χ3v) is 3.47. The standard InChI is InChI=1S/C18H34O2/c1-2-3-4-5-6-7-8-9-10-11-12-13-14-15-16-17-18(19)20/h9-10H,2-8,11-17H2,1H3,(H,19,20)/b10-9-/i9T,10T. The molecule has 0 saturated carbocycles. The van der Waals surface area contributed by atoms with E-state index in [0.29, 0.717) is 18.5 Å². The fourth-order valence-electron chi connectivity index (χ4n) is 2.19. The van der Waals surface area contributed by atoms with Crippen molar-refractivity contribution in [1.29, 1.82) is 0 Å². The highest BCUT2D eigenvalue weighted by Crippen LogP contribution is 2.09. The molecule has 2 heteroatoms. The van der Waals surface area contributed by atoms with Gasteiger partial charge in [-0.2, -0.15) is 0 Å². The van der Waals surface area contributed by atoms with Crippen molar-refractivity contribution >= 4 is 5.97 Å². The lowest BCUT2D eigenvalue weighted by molar-refractivity contribution is -0.137. The number of hydrogen-bond donors (Lipinski definition) is 1. The third-order valence-electron chi connectivity index (χ3n) is 3.47. The maximum absolute atomic E-state index is 10.4. The van der Waals surface area contributed by atoms with E-state index in [1.165, 1.54) is 32.1 Å². The van der Waals surface area contributed by atoms with Crippen LogP contribution in [0.1, 0.15) is 99.6 Å². The Labute approximate surface area is 128 Å². The Morgan fingerprint density at radius 2 is 1.30 bits per heavy atom. The molecule has 2 nitrogen and oxygen atoms in total. The quantitative estimate of drug-likeness (QED) is 0.291. The van der Waals surface area contributed by atoms with Crippen LogP contribution in [0.25, 0.3) is 0 Å². The first-order valence-electron chi connectivity index (χ1n) is 9.45. The Hall–Kier alpha value is -0.790. The van der Waals surface area contributed by atoms with Crippen molar-refractivity contribution in [2.24, 2.45) is 0 Å². The van der Waals surface area contributed by atoms with Crippen molar-refractivity contribution in [1.82, 2.24) is 0 Å². The van der Waals surface area contributed by atoms with Gasteiger partial charge in [0, 0.05) is 6.42 Å². The number of hydrogen-bond acceptors (Lipinski definition) is 1. The lowest BCUT2D eigenvalue weighted by atomic mass is 10.1. The molecule has 0 bridgehead atoms. The SMILES string of the molecule is [3H]/C(CCCCCCCC)=C(\[3H])CCCCCCCC(=O)O. The lowest BCUT2D eigenvalue weighted by Crippen LogP contribution is -1.93. The predicted molar refractivity (Wildman–Crippen MR) is 87.1 cm³/mol. The lowest BCUT2D eigenvalue weighted by Gasteiger charge is -1.99. The van der Waals surface area contributed by atoms with Crippen LogP contribution < -0.4 is 0 Å². The van der Waals surface area contributed by atoms with Crippen LogP contribution in [0.15, 0.2) is 12.1 Å². The average molecular weight is 286 g/mol. The first kappa shape index (κ1) is 15.6. The van der Waals surface area contributed by atoms with Gasteiger partial charge >= 0.3 is 5.97 Å². The van der Waals surface area contributed by atoms with Gasteiger partial charge in [-0.15, -0.1) is 0 Å². The molecule has 0 aliphatic carbocycles. The van der Waals surface area contributed by atoms with E-state index in [1.54, 1.807) is 0 Å². The monoisotopic (exact) mass is 286 g/mol. The number of aliphatic carboxylic acids is 1. The fraction of sp³-hybridized carbons (Fsp3) is 0.833. The van der Waals surface area contributed by atoms with Gasteiger partial charge in [0.05, 0.1) is 2.74 Å². The van der Waals surface area contributed by atoms with Crippen molar-refractivity contribution in [2.45, 2.75) is 96.8 Å². The summed E-state index contributed by atoms with van der Waals surface area (Å²) in [6.45, 7) is 2.21. The predicted octanol–water partition coefficient (Wildman–Crippen LogP) is 6.11. The summed E-state index contributed by atoms with van der Waals surface area (Å²) in [7, 11) is 0. The second kappa shape index (κ2) is 16.3. The van der Waals surface area contributed by atoms with Gasteiger partial charge in [0.2, 0.25) is 0 Å². The summed E-state index contributed by atoms with van der Waals surface area (Å²) in [5.74, 6) is -0.718. The number of unbranched alkanes of at least 4 members (excludes halogenated alkanes) is 9. The Kier molecular flexibility index (Phi) is 12.7. The minimum Gasteiger partial charge on any atom is -0.481 e. The molecule has 0 aromatic heterocycles. The van der Waals surface area contributed by atoms with Crippen LogP contribution >= 0.6 is 0 Å². The van der Waals surface area contributed by atoms with E-state index >= 15 is 0 Å². The molecule has 1 N–H and O–H groups in total. The van der Waals surface area contributed by atoms with Gasteiger partial charge < -0.3 is 5.11 Å². The second-order valence-corrected chi connectivity index (χ2v) is 5.53. The van der Waals surface area contributed by atoms with Crippen LogP contribution in [-0.4, -0.2) is 11.1 Å². The molecule has 0 heterocycles. The Morgan fingerprint density at radius 3 is 1.80 bits per heavy atom. The van der Waals surface area contributed by atoms with E-state index in [0.717, 1.165) is 44.9 Å². The summed E-state index contributed by atoms with van der Waals surface area (Å²) < 4.78 is 15.8. The molecule has 0 atom stereocenters. The molecule has 0 aliphatic rings. The van der Waals surface area contributed by atoms with Gasteiger partial charge in [0.15, 0.2) is 0 Å². The van der Waals surface area contributed by atoms with Gasteiger partial charge in [-0.3, -0.25) is 4.79 Å². The van der Waals surface area contributed by atoms with E-state index in [4.69, 9.17) is 7.85 Å². The Balaban J connectivity index is 3.53. The van der Waals surface area contributed by atoms with Crippen molar-refractivity contribution in [3.63, 3.8) is 0 Å². The van der Waals surface area contributed by atoms with Crippen molar-refractivity contribution in [2.75, 3.05) is 0 Å². The summed E-state index contributed by atoms with van der Waals surface area (Å²) >= 11 is 0. The van der Waals surface area contributed by atoms with E-state index in [-0.39, 0.29) is 6.42 Å². The molecule has 0 unspecified atom stereocenters.